The minimum absolute atomic E-state index is 0.0199. The molecule has 2 fully saturated rings. The Bertz CT molecular complexity index is 970. The molecule has 0 aromatic carbocycles. The molecule has 10 heteroatoms. The van der Waals surface area contributed by atoms with Crippen molar-refractivity contribution in [3.05, 3.63) is 24.3 Å². The van der Waals surface area contributed by atoms with Crippen LogP contribution in [0.2, 0.25) is 0 Å². The summed E-state index contributed by atoms with van der Waals surface area (Å²) in [5.74, 6) is 1.38. The number of aromatic nitrogens is 4. The van der Waals surface area contributed by atoms with E-state index < -0.39 is 6.55 Å². The van der Waals surface area contributed by atoms with E-state index in [1.54, 1.807) is 0 Å². The lowest BCUT2D eigenvalue weighted by Crippen LogP contribution is -2.54. The first-order valence-corrected chi connectivity index (χ1v) is 9.54. The van der Waals surface area contributed by atoms with Crippen molar-refractivity contribution in [2.24, 2.45) is 11.8 Å². The monoisotopic (exact) mass is 401 g/mol. The lowest BCUT2D eigenvalue weighted by Gasteiger charge is -2.40. The first kappa shape index (κ1) is 19.2. The van der Waals surface area contributed by atoms with Crippen molar-refractivity contribution in [2.45, 2.75) is 32.9 Å². The van der Waals surface area contributed by atoms with Crippen LogP contribution in [-0.2, 0) is 4.79 Å². The largest absolute Gasteiger partial charge is 0.351 e. The number of alkyl halides is 2. The molecule has 8 nitrogen and oxygen atoms in total. The molecule has 1 aliphatic heterocycles. The summed E-state index contributed by atoms with van der Waals surface area (Å²) in [7, 11) is 0. The maximum Gasteiger partial charge on any atom is 0.333 e. The molecule has 1 saturated carbocycles. The van der Waals surface area contributed by atoms with Crippen LogP contribution in [0.5, 0.6) is 0 Å². The first-order valence-electron chi connectivity index (χ1n) is 9.54. The van der Waals surface area contributed by atoms with Gasteiger partial charge in [-0.1, -0.05) is 6.92 Å². The van der Waals surface area contributed by atoms with Gasteiger partial charge in [0.05, 0.1) is 12.4 Å². The van der Waals surface area contributed by atoms with Crippen LogP contribution in [-0.4, -0.2) is 56.2 Å². The summed E-state index contributed by atoms with van der Waals surface area (Å²) in [5.41, 5.74) is 0.572. The highest BCUT2D eigenvalue weighted by atomic mass is 19.3. The van der Waals surface area contributed by atoms with Crippen molar-refractivity contribution in [3.8, 4) is 17.3 Å². The fourth-order valence-corrected chi connectivity index (χ4v) is 3.75. The molecule has 2 aromatic heterocycles. The Morgan fingerprint density at radius 2 is 2.07 bits per heavy atom. The number of anilines is 1. The van der Waals surface area contributed by atoms with E-state index in [9.17, 15) is 18.8 Å². The standard InChI is InChI=1S/C19H21F2N7O/c1-11-5-14(11)18(29)27-4-3-26(9-12(27)2)16-8-23-15(6-22)17(25-16)13-7-24-28(10-13)19(20)21/h7-8,10-12,14,19H,3-5,9H2,1-2H3/t11-,12-,14-/m1/s1. The van der Waals surface area contributed by atoms with Crippen LogP contribution in [0.3, 0.4) is 0 Å². The Morgan fingerprint density at radius 3 is 2.66 bits per heavy atom. The van der Waals surface area contributed by atoms with Gasteiger partial charge in [0.25, 0.3) is 0 Å². The van der Waals surface area contributed by atoms with Crippen molar-refractivity contribution in [2.75, 3.05) is 24.5 Å². The van der Waals surface area contributed by atoms with Gasteiger partial charge in [-0.05, 0) is 19.3 Å². The van der Waals surface area contributed by atoms with E-state index in [-0.39, 0.29) is 29.3 Å². The average molecular weight is 401 g/mol. The molecule has 1 amide bonds. The van der Waals surface area contributed by atoms with Gasteiger partial charge in [-0.25, -0.2) is 14.6 Å². The number of piperazine rings is 1. The van der Waals surface area contributed by atoms with Crippen molar-refractivity contribution in [1.82, 2.24) is 24.6 Å². The smallest absolute Gasteiger partial charge is 0.333 e. The van der Waals surface area contributed by atoms with Gasteiger partial charge in [-0.3, -0.25) is 4.79 Å². The van der Waals surface area contributed by atoms with Crippen LogP contribution in [0.4, 0.5) is 14.6 Å². The topological polar surface area (TPSA) is 90.9 Å². The van der Waals surface area contributed by atoms with Gasteiger partial charge in [0, 0.05) is 43.4 Å². The molecule has 3 atom stereocenters. The number of rotatable bonds is 4. The molecule has 2 aromatic rings. The Labute approximate surface area is 166 Å². The van der Waals surface area contributed by atoms with E-state index in [4.69, 9.17) is 0 Å². The Hall–Kier alpha value is -3.09. The van der Waals surface area contributed by atoms with Gasteiger partial charge >= 0.3 is 6.55 Å². The van der Waals surface area contributed by atoms with E-state index in [1.807, 2.05) is 22.8 Å². The fraction of sp³-hybridized carbons (Fsp3) is 0.526. The van der Waals surface area contributed by atoms with E-state index >= 15 is 0 Å². The van der Waals surface area contributed by atoms with Crippen molar-refractivity contribution in [1.29, 1.82) is 5.26 Å². The fourth-order valence-electron chi connectivity index (χ4n) is 3.75. The normalized spacial score (nSPS) is 23.9. The van der Waals surface area contributed by atoms with Crippen LogP contribution in [0, 0.1) is 23.2 Å². The van der Waals surface area contributed by atoms with Gasteiger partial charge in [0.15, 0.2) is 5.69 Å². The van der Waals surface area contributed by atoms with Gasteiger partial charge < -0.3 is 9.80 Å². The molecule has 0 bridgehead atoms. The molecule has 2 aliphatic rings. The lowest BCUT2D eigenvalue weighted by molar-refractivity contribution is -0.135. The summed E-state index contributed by atoms with van der Waals surface area (Å²) in [6.07, 6.45) is 4.86. The molecule has 0 radical (unpaired) electrons. The highest BCUT2D eigenvalue weighted by Gasteiger charge is 2.43. The van der Waals surface area contributed by atoms with Gasteiger partial charge in [-0.15, -0.1) is 0 Å². The van der Waals surface area contributed by atoms with Crippen molar-refractivity contribution < 1.29 is 13.6 Å². The van der Waals surface area contributed by atoms with Crippen LogP contribution in [0.1, 0.15) is 32.5 Å². The van der Waals surface area contributed by atoms with Crippen LogP contribution >= 0.6 is 0 Å². The summed E-state index contributed by atoms with van der Waals surface area (Å²) in [5, 5.41) is 12.9. The summed E-state index contributed by atoms with van der Waals surface area (Å²) >= 11 is 0. The predicted molar refractivity (Wildman–Crippen MR) is 99.9 cm³/mol. The third-order valence-electron chi connectivity index (χ3n) is 5.60. The second-order valence-corrected chi connectivity index (χ2v) is 7.67. The molecule has 0 spiro atoms. The zero-order valence-corrected chi connectivity index (χ0v) is 16.2. The highest BCUT2D eigenvalue weighted by Crippen LogP contribution is 2.40. The zero-order chi connectivity index (χ0) is 20.7. The first-order chi connectivity index (χ1) is 13.9. The SMILES string of the molecule is C[C@@H]1C[C@H]1C(=O)N1CCN(c2cnc(C#N)c(-c3cnn(C(F)F)c3)n2)C[C@H]1C. The number of hydrogen-bond donors (Lipinski definition) is 0. The van der Waals surface area contributed by atoms with E-state index in [2.05, 4.69) is 22.0 Å². The van der Waals surface area contributed by atoms with Crippen LogP contribution < -0.4 is 4.90 Å². The van der Waals surface area contributed by atoms with Crippen LogP contribution in [0.15, 0.2) is 18.6 Å². The predicted octanol–water partition coefficient (Wildman–Crippen LogP) is 2.30. The number of amides is 1. The van der Waals surface area contributed by atoms with E-state index in [0.29, 0.717) is 41.6 Å². The molecule has 0 unspecified atom stereocenters. The third kappa shape index (κ3) is 3.64. The summed E-state index contributed by atoms with van der Waals surface area (Å²) in [6, 6.07) is 1.97. The quantitative estimate of drug-likeness (QED) is 0.781. The Morgan fingerprint density at radius 1 is 1.31 bits per heavy atom. The van der Waals surface area contributed by atoms with Crippen molar-refractivity contribution in [3.63, 3.8) is 0 Å². The molecule has 1 aliphatic carbocycles. The minimum Gasteiger partial charge on any atom is -0.351 e. The molecule has 29 heavy (non-hydrogen) atoms. The number of carbonyl (C=O) groups is 1. The molecule has 3 heterocycles. The van der Waals surface area contributed by atoms with E-state index in [0.717, 1.165) is 12.6 Å². The maximum atomic E-state index is 12.8. The lowest BCUT2D eigenvalue weighted by atomic mass is 10.1. The highest BCUT2D eigenvalue weighted by molar-refractivity contribution is 5.82. The zero-order valence-electron chi connectivity index (χ0n) is 16.2. The number of nitrogens with zero attached hydrogens (tertiary/aromatic N) is 7. The number of hydrogen-bond acceptors (Lipinski definition) is 6. The molecule has 152 valence electrons. The Kier molecular flexibility index (Phi) is 4.90. The van der Waals surface area contributed by atoms with Gasteiger partial charge in [0.1, 0.15) is 17.6 Å². The third-order valence-corrected chi connectivity index (χ3v) is 5.60. The number of nitriles is 1. The molecule has 0 N–H and O–H groups in total. The second kappa shape index (κ2) is 7.39. The van der Waals surface area contributed by atoms with Gasteiger partial charge in [-0.2, -0.15) is 19.1 Å². The molecule has 4 rings (SSSR count). The number of carbonyl (C=O) groups excluding carboxylic acids is 1. The number of halogens is 2. The second-order valence-electron chi connectivity index (χ2n) is 7.67. The van der Waals surface area contributed by atoms with Crippen molar-refractivity contribution >= 4 is 11.7 Å². The molecular weight excluding hydrogens is 380 g/mol. The molecular formula is C19H21F2N7O. The summed E-state index contributed by atoms with van der Waals surface area (Å²) < 4.78 is 26.2. The minimum atomic E-state index is -2.77. The Balaban J connectivity index is 1.55. The summed E-state index contributed by atoms with van der Waals surface area (Å²) in [6.45, 7) is 3.08. The van der Waals surface area contributed by atoms with E-state index in [1.165, 1.54) is 12.4 Å². The van der Waals surface area contributed by atoms with Gasteiger partial charge in [0.2, 0.25) is 5.91 Å². The maximum absolute atomic E-state index is 12.8. The van der Waals surface area contributed by atoms with Crippen LogP contribution in [0.25, 0.3) is 11.3 Å². The summed E-state index contributed by atoms with van der Waals surface area (Å²) in [4.78, 5) is 25.2. The molecule has 1 saturated heterocycles. The average Bonchev–Trinajstić information content (AvgIpc) is 3.24.